The number of likely N-dealkylation sites (tertiary alicyclic amines) is 1. The molecule has 1 saturated heterocycles. The fourth-order valence-electron chi connectivity index (χ4n) is 2.91. The van der Waals surface area contributed by atoms with Crippen LogP contribution in [0.2, 0.25) is 0 Å². The first-order chi connectivity index (χ1) is 9.69. The number of hydrogen-bond donors (Lipinski definition) is 1. The van der Waals surface area contributed by atoms with Crippen LogP contribution < -0.4 is 5.32 Å². The summed E-state index contributed by atoms with van der Waals surface area (Å²) in [5.41, 5.74) is 0.785. The van der Waals surface area contributed by atoms with Crippen molar-refractivity contribution in [3.05, 3.63) is 29.6 Å². The van der Waals surface area contributed by atoms with Gasteiger partial charge < -0.3 is 10.2 Å². The lowest BCUT2D eigenvalue weighted by molar-refractivity contribution is 0.0608. The van der Waals surface area contributed by atoms with Gasteiger partial charge in [0.05, 0.1) is 11.3 Å². The predicted octanol–water partition coefficient (Wildman–Crippen LogP) is 3.66. The Hall–Kier alpha value is -1.58. The topological polar surface area (TPSA) is 32.3 Å². The first-order valence-corrected chi connectivity index (χ1v) is 7.52. The first kappa shape index (κ1) is 14.8. The summed E-state index contributed by atoms with van der Waals surface area (Å²) in [6.07, 6.45) is 4.21. The normalized spacial score (nSPS) is 18.9. The van der Waals surface area contributed by atoms with Crippen molar-refractivity contribution in [2.45, 2.75) is 45.6 Å². The quantitative estimate of drug-likeness (QED) is 0.911. The molecule has 1 aromatic carbocycles. The Labute approximate surface area is 120 Å². The van der Waals surface area contributed by atoms with Gasteiger partial charge in [-0.25, -0.2) is 4.39 Å². The number of nitrogens with one attached hydrogen (secondary N) is 1. The lowest BCUT2D eigenvalue weighted by atomic mass is 9.98. The number of amides is 1. The van der Waals surface area contributed by atoms with Crippen LogP contribution >= 0.6 is 0 Å². The second-order valence-electron chi connectivity index (χ2n) is 5.25. The Bertz CT molecular complexity index is 476. The van der Waals surface area contributed by atoms with Gasteiger partial charge in [0.15, 0.2) is 0 Å². The summed E-state index contributed by atoms with van der Waals surface area (Å²) in [6.45, 7) is 5.38. The van der Waals surface area contributed by atoms with Gasteiger partial charge in [0, 0.05) is 19.1 Å². The fourth-order valence-corrected chi connectivity index (χ4v) is 2.91. The van der Waals surface area contributed by atoms with Gasteiger partial charge in [0.2, 0.25) is 0 Å². The van der Waals surface area contributed by atoms with Crippen LogP contribution in [-0.4, -0.2) is 29.9 Å². The van der Waals surface area contributed by atoms with Gasteiger partial charge in [-0.15, -0.1) is 0 Å². The van der Waals surface area contributed by atoms with E-state index in [1.54, 1.807) is 12.1 Å². The molecule has 3 nitrogen and oxygen atoms in total. The first-order valence-electron chi connectivity index (χ1n) is 7.52. The van der Waals surface area contributed by atoms with Crippen LogP contribution in [0.4, 0.5) is 10.1 Å². The fraction of sp³-hybridized carbons (Fsp3) is 0.562. The summed E-state index contributed by atoms with van der Waals surface area (Å²) >= 11 is 0. The zero-order valence-corrected chi connectivity index (χ0v) is 12.3. The highest BCUT2D eigenvalue weighted by Gasteiger charge is 2.28. The smallest absolute Gasteiger partial charge is 0.256 e. The molecule has 0 bridgehead atoms. The van der Waals surface area contributed by atoms with E-state index in [4.69, 9.17) is 0 Å². The van der Waals surface area contributed by atoms with Crippen LogP contribution in [0.15, 0.2) is 18.2 Å². The third-order valence-electron chi connectivity index (χ3n) is 3.96. The minimum atomic E-state index is -0.359. The van der Waals surface area contributed by atoms with Crippen LogP contribution in [0.1, 0.15) is 49.9 Å². The number of halogens is 1. The standard InChI is InChI=1S/C16H23FN2O/c1-3-12-8-5-6-11-19(12)16(20)13-9-7-10-14(17)15(13)18-4-2/h7,9-10,12,18H,3-6,8,11H2,1-2H3. The molecule has 1 aromatic rings. The van der Waals surface area contributed by atoms with Crippen LogP contribution in [-0.2, 0) is 0 Å². The largest absolute Gasteiger partial charge is 0.382 e. The lowest BCUT2D eigenvalue weighted by Crippen LogP contribution is -2.43. The van der Waals surface area contributed by atoms with Crippen molar-refractivity contribution in [2.75, 3.05) is 18.4 Å². The van der Waals surface area contributed by atoms with Crippen molar-refractivity contribution in [3.63, 3.8) is 0 Å². The van der Waals surface area contributed by atoms with Gasteiger partial charge in [-0.05, 0) is 44.7 Å². The summed E-state index contributed by atoms with van der Waals surface area (Å²) in [5.74, 6) is -0.408. The molecule has 1 aliphatic rings. The van der Waals surface area contributed by atoms with Crippen molar-refractivity contribution in [3.8, 4) is 0 Å². The second kappa shape index (κ2) is 6.73. The van der Waals surface area contributed by atoms with Gasteiger partial charge in [0.1, 0.15) is 5.82 Å². The van der Waals surface area contributed by atoms with Crippen LogP contribution in [0.5, 0.6) is 0 Å². The van der Waals surface area contributed by atoms with Gasteiger partial charge >= 0.3 is 0 Å². The van der Waals surface area contributed by atoms with Gasteiger partial charge in [-0.3, -0.25) is 4.79 Å². The van der Waals surface area contributed by atoms with E-state index in [-0.39, 0.29) is 17.8 Å². The number of hydrogen-bond acceptors (Lipinski definition) is 2. The van der Waals surface area contributed by atoms with Crippen molar-refractivity contribution < 1.29 is 9.18 Å². The SMILES string of the molecule is CCNc1c(F)cccc1C(=O)N1CCCCC1CC. The average Bonchev–Trinajstić information content (AvgIpc) is 2.48. The highest BCUT2D eigenvalue weighted by atomic mass is 19.1. The Morgan fingerprint density at radius 2 is 2.20 bits per heavy atom. The Balaban J connectivity index is 2.30. The van der Waals surface area contributed by atoms with E-state index in [1.807, 2.05) is 11.8 Å². The molecule has 110 valence electrons. The molecule has 1 atom stereocenters. The number of rotatable bonds is 4. The maximum Gasteiger partial charge on any atom is 0.256 e. The van der Waals surface area contributed by atoms with E-state index in [2.05, 4.69) is 12.2 Å². The molecule has 0 radical (unpaired) electrons. The van der Waals surface area contributed by atoms with Gasteiger partial charge in [0.25, 0.3) is 5.91 Å². The number of carbonyl (C=O) groups excluding carboxylic acids is 1. The number of carbonyl (C=O) groups is 1. The van der Waals surface area contributed by atoms with Gasteiger partial charge in [-0.2, -0.15) is 0 Å². The van der Waals surface area contributed by atoms with E-state index in [0.717, 1.165) is 25.8 Å². The monoisotopic (exact) mass is 278 g/mol. The molecular formula is C16H23FN2O. The number of nitrogens with zero attached hydrogens (tertiary/aromatic N) is 1. The molecule has 0 aliphatic carbocycles. The van der Waals surface area contributed by atoms with Crippen molar-refractivity contribution in [1.29, 1.82) is 0 Å². The van der Waals surface area contributed by atoms with Crippen LogP contribution in [0, 0.1) is 5.82 Å². The zero-order chi connectivity index (χ0) is 14.5. The lowest BCUT2D eigenvalue weighted by Gasteiger charge is -2.35. The maximum atomic E-state index is 13.9. The highest BCUT2D eigenvalue weighted by molar-refractivity contribution is 6.00. The predicted molar refractivity (Wildman–Crippen MR) is 79.5 cm³/mol. The third kappa shape index (κ3) is 2.94. The number of benzene rings is 1. The minimum Gasteiger partial charge on any atom is -0.382 e. The molecule has 1 amide bonds. The summed E-state index contributed by atoms with van der Waals surface area (Å²) in [4.78, 5) is 14.7. The molecule has 0 aromatic heterocycles. The molecule has 4 heteroatoms. The number of piperidine rings is 1. The van der Waals surface area contributed by atoms with E-state index in [0.29, 0.717) is 17.8 Å². The minimum absolute atomic E-state index is 0.0491. The average molecular weight is 278 g/mol. The Kier molecular flexibility index (Phi) is 4.99. The van der Waals surface area contributed by atoms with Gasteiger partial charge in [-0.1, -0.05) is 13.0 Å². The van der Waals surface area contributed by atoms with Crippen LogP contribution in [0.25, 0.3) is 0 Å². The Morgan fingerprint density at radius 3 is 2.90 bits per heavy atom. The molecule has 1 unspecified atom stereocenters. The van der Waals surface area contributed by atoms with E-state index >= 15 is 0 Å². The van der Waals surface area contributed by atoms with Crippen molar-refractivity contribution >= 4 is 11.6 Å². The maximum absolute atomic E-state index is 13.9. The zero-order valence-electron chi connectivity index (χ0n) is 12.3. The third-order valence-corrected chi connectivity index (χ3v) is 3.96. The summed E-state index contributed by atoms with van der Waals surface area (Å²) in [7, 11) is 0. The Morgan fingerprint density at radius 1 is 1.40 bits per heavy atom. The molecule has 1 N–H and O–H groups in total. The molecule has 1 aliphatic heterocycles. The summed E-state index contributed by atoms with van der Waals surface area (Å²) < 4.78 is 13.9. The molecule has 20 heavy (non-hydrogen) atoms. The highest BCUT2D eigenvalue weighted by Crippen LogP contribution is 2.26. The molecule has 0 spiro atoms. The summed E-state index contributed by atoms with van der Waals surface area (Å²) in [6, 6.07) is 5.00. The summed E-state index contributed by atoms with van der Waals surface area (Å²) in [5, 5.41) is 2.97. The van der Waals surface area contributed by atoms with Crippen molar-refractivity contribution in [2.24, 2.45) is 0 Å². The molecule has 1 fully saturated rings. The van der Waals surface area contributed by atoms with E-state index < -0.39 is 0 Å². The second-order valence-corrected chi connectivity index (χ2v) is 5.25. The molecular weight excluding hydrogens is 255 g/mol. The van der Waals surface area contributed by atoms with E-state index in [1.165, 1.54) is 12.5 Å². The number of anilines is 1. The van der Waals surface area contributed by atoms with Crippen molar-refractivity contribution in [1.82, 2.24) is 4.90 Å². The molecule has 1 heterocycles. The number of para-hydroxylation sites is 1. The molecule has 2 rings (SSSR count). The van der Waals surface area contributed by atoms with E-state index in [9.17, 15) is 9.18 Å². The van der Waals surface area contributed by atoms with Crippen LogP contribution in [0.3, 0.4) is 0 Å². The molecule has 0 saturated carbocycles.